The van der Waals surface area contributed by atoms with E-state index in [4.69, 9.17) is 43.5 Å². The van der Waals surface area contributed by atoms with E-state index in [1.165, 1.54) is 48.5 Å². The van der Waals surface area contributed by atoms with Crippen molar-refractivity contribution in [2.24, 2.45) is 0 Å². The number of fused-ring (bicyclic) bond motifs is 24. The summed E-state index contributed by atoms with van der Waals surface area (Å²) in [5.74, 6) is -0.415. The second-order valence-corrected chi connectivity index (χ2v) is 21.1. The summed E-state index contributed by atoms with van der Waals surface area (Å²) in [7, 11) is 0. The van der Waals surface area contributed by atoms with E-state index in [-0.39, 0.29) is 69.2 Å². The standard InChI is InChI=1S/C72H36F4N8.O.V/c73-45-25-17-37(18-26-45)57-49-13-5-1-9-41(49)33-53-61(57)69-77-65(53)81-70-62-54(34-42-10-2-6-14-50(42)58(62)38-19-27-46(74)28-20-38)67(78-70)83-72-64-56(36-44-12-4-8-16-52(44)60(64)40-23-31-48(76)32-24-40)68(80-72)84-71-63-55(66(79-71)82-69)35-43-11-3-7-15-51(43)59(63)39-21-29-47(75)30-22-39;;/h1-36H;;/q-2;;+2. The molecule has 0 fully saturated rings. The monoisotopic (exact) mass is 1160 g/mol. The molecule has 12 aromatic carbocycles. The van der Waals surface area contributed by atoms with Gasteiger partial charge in [-0.1, -0.05) is 146 Å². The zero-order chi connectivity index (χ0) is 57.9. The fourth-order valence-corrected chi connectivity index (χ4v) is 12.6. The number of hydrogen-bond acceptors (Lipinski definition) is 7. The summed E-state index contributed by atoms with van der Waals surface area (Å²) in [6.07, 6.45) is 0. The predicted octanol–water partition coefficient (Wildman–Crippen LogP) is 17.8. The van der Waals surface area contributed by atoms with Crippen molar-refractivity contribution in [3.8, 4) is 90.1 Å². The van der Waals surface area contributed by atoms with Crippen molar-refractivity contribution in [3.05, 3.63) is 242 Å². The molecule has 0 N–H and O–H groups in total. The van der Waals surface area contributed by atoms with E-state index < -0.39 is 0 Å². The first-order chi connectivity index (χ1) is 42.2. The van der Waals surface area contributed by atoms with Crippen LogP contribution in [0.1, 0.15) is 0 Å². The molecular weight excluding hydrogens is 1120 g/mol. The summed E-state index contributed by atoms with van der Waals surface area (Å²) in [5.41, 5.74) is 9.59. The molecule has 0 radical (unpaired) electrons. The average Bonchev–Trinajstić information content (AvgIpc) is 1.60. The molecule has 0 saturated carbocycles. The third-order valence-electron chi connectivity index (χ3n) is 16.3. The van der Waals surface area contributed by atoms with E-state index in [9.17, 15) is 17.6 Å². The van der Waals surface area contributed by atoms with E-state index in [1.54, 1.807) is 48.5 Å². The summed E-state index contributed by atoms with van der Waals surface area (Å²) in [6, 6.07) is 65.7. The maximum absolute atomic E-state index is 15.0. The van der Waals surface area contributed by atoms with Gasteiger partial charge in [-0.15, -0.1) is 0 Å². The molecule has 5 heterocycles. The van der Waals surface area contributed by atoms with Gasteiger partial charge in [-0.3, -0.25) is 0 Å². The molecule has 17 rings (SSSR count). The molecule has 0 spiro atoms. The molecule has 0 saturated heterocycles. The van der Waals surface area contributed by atoms with Crippen LogP contribution in [0.25, 0.3) is 177 Å². The molecule has 86 heavy (non-hydrogen) atoms. The van der Waals surface area contributed by atoms with Gasteiger partial charge in [-0.25, -0.2) is 27.5 Å². The van der Waals surface area contributed by atoms with E-state index in [0.29, 0.717) is 43.8 Å². The summed E-state index contributed by atoms with van der Waals surface area (Å²) in [6.45, 7) is 0. The molecule has 2 aliphatic heterocycles. The molecule has 0 unspecified atom stereocenters. The van der Waals surface area contributed by atoms with Crippen LogP contribution in [0.5, 0.6) is 0 Å². The Hall–Kier alpha value is -10.9. The maximum atomic E-state index is 15.0. The van der Waals surface area contributed by atoms with Gasteiger partial charge < -0.3 is 29.9 Å². The fourth-order valence-electron chi connectivity index (χ4n) is 12.6. The summed E-state index contributed by atoms with van der Waals surface area (Å²) >= 11 is 1.06. The van der Waals surface area contributed by atoms with E-state index >= 15 is 0 Å². The molecule has 0 atom stereocenters. The first-order valence-electron chi connectivity index (χ1n) is 27.4. The zero-order valence-electron chi connectivity index (χ0n) is 44.7. The van der Waals surface area contributed by atoms with Crippen LogP contribution in [0, 0.1) is 23.3 Å². The molecule has 8 bridgehead atoms. The molecular formula is C72H36F4N8OV. The van der Waals surface area contributed by atoms with Gasteiger partial charge in [-0.05, 0) is 171 Å². The predicted molar refractivity (Wildman–Crippen MR) is 326 cm³/mol. The first-order valence-corrected chi connectivity index (χ1v) is 28.0. The number of hydrogen-bond donors (Lipinski definition) is 0. The second-order valence-electron chi connectivity index (χ2n) is 21.1. The van der Waals surface area contributed by atoms with Crippen LogP contribution in [0.2, 0.25) is 0 Å². The summed E-state index contributed by atoms with van der Waals surface area (Å²) in [4.78, 5) is 43.8. The topological polar surface area (TPSA) is 123 Å². The molecule has 15 aromatic rings. The van der Waals surface area contributed by atoms with E-state index in [2.05, 4.69) is 0 Å². The first kappa shape index (κ1) is 50.8. The Morgan fingerprint density at radius 1 is 0.267 bits per heavy atom. The third-order valence-corrected chi connectivity index (χ3v) is 16.3. The molecule has 0 aliphatic carbocycles. The summed E-state index contributed by atoms with van der Waals surface area (Å²) in [5, 5.41) is 9.55. The minimum absolute atomic E-state index is 0.280. The molecule has 14 heteroatoms. The van der Waals surface area contributed by atoms with Crippen LogP contribution >= 0.6 is 0 Å². The summed E-state index contributed by atoms with van der Waals surface area (Å²) < 4.78 is 68.0. The van der Waals surface area contributed by atoms with Crippen LogP contribution in [0.3, 0.4) is 0 Å². The van der Waals surface area contributed by atoms with E-state index in [0.717, 1.165) is 105 Å². The third kappa shape index (κ3) is 8.07. The van der Waals surface area contributed by atoms with Crippen molar-refractivity contribution >= 4 is 87.2 Å². The van der Waals surface area contributed by atoms with Crippen LogP contribution < -0.4 is 9.97 Å². The number of halogens is 4. The number of benzene rings is 12. The van der Waals surface area contributed by atoms with Gasteiger partial charge >= 0.3 is 21.0 Å². The van der Waals surface area contributed by atoms with Crippen LogP contribution in [0.4, 0.5) is 17.6 Å². The van der Waals surface area contributed by atoms with Crippen molar-refractivity contribution < 1.29 is 38.6 Å². The Morgan fingerprint density at radius 2 is 0.547 bits per heavy atom. The Bertz CT molecular complexity index is 5220. The van der Waals surface area contributed by atoms with Crippen molar-refractivity contribution in [2.45, 2.75) is 0 Å². The molecule has 3 aromatic heterocycles. The van der Waals surface area contributed by atoms with Gasteiger partial charge in [0.25, 0.3) is 0 Å². The van der Waals surface area contributed by atoms with Gasteiger partial charge in [0, 0.05) is 55.6 Å². The van der Waals surface area contributed by atoms with Gasteiger partial charge in [-0.2, -0.15) is 0 Å². The van der Waals surface area contributed by atoms with Gasteiger partial charge in [0.1, 0.15) is 23.3 Å². The zero-order valence-corrected chi connectivity index (χ0v) is 46.1. The molecule has 403 valence electrons. The SMILES string of the molecule is Fc1ccc(-c2c3c(cc4ccccc24)-c2nc-3nc3[n-]c(nc4nc(nc5[n-]c(n2)c2c(-c6ccc(F)cc6)c6ccccc6cc52)-c2c-4cc4ccccc4c2-c2ccc(F)cc2)c2c(-c4ccc(F)cc4)c4ccccc4cc32)cc1.[O]=[V+2]. The minimum atomic E-state index is -0.388. The molecule has 9 nitrogen and oxygen atoms in total. The van der Waals surface area contributed by atoms with Gasteiger partial charge in [0.05, 0.1) is 23.3 Å². The van der Waals surface area contributed by atoms with Crippen LogP contribution in [-0.4, -0.2) is 29.9 Å². The molecule has 0 amide bonds. The normalized spacial score (nSPS) is 11.8. The fraction of sp³-hybridized carbons (Fsp3) is 0. The van der Waals surface area contributed by atoms with Crippen molar-refractivity contribution in [1.29, 1.82) is 0 Å². The van der Waals surface area contributed by atoms with Crippen molar-refractivity contribution in [3.63, 3.8) is 0 Å². The average molecular weight is 1160 g/mol. The number of rotatable bonds is 4. The number of aromatic nitrogens is 8. The van der Waals surface area contributed by atoms with Crippen molar-refractivity contribution in [1.82, 2.24) is 39.9 Å². The van der Waals surface area contributed by atoms with Crippen molar-refractivity contribution in [2.75, 3.05) is 0 Å². The quantitative estimate of drug-likeness (QED) is 0.159. The van der Waals surface area contributed by atoms with Gasteiger partial charge in [0.2, 0.25) is 0 Å². The van der Waals surface area contributed by atoms with E-state index in [1.807, 2.05) is 121 Å². The van der Waals surface area contributed by atoms with Crippen LogP contribution in [-0.2, 0) is 21.0 Å². The Kier molecular flexibility index (Phi) is 11.8. The number of nitrogens with zero attached hydrogens (tertiary/aromatic N) is 8. The van der Waals surface area contributed by atoms with Crippen LogP contribution in [0.15, 0.2) is 218 Å². The Morgan fingerprint density at radius 3 is 0.884 bits per heavy atom. The van der Waals surface area contributed by atoms with Gasteiger partial charge in [0.15, 0.2) is 0 Å². The Labute approximate surface area is 494 Å². The molecule has 2 aliphatic rings. The second kappa shape index (κ2) is 19.9. The Balaban J connectivity index is 0.00000297.